The van der Waals surface area contributed by atoms with Crippen LogP contribution in [-0.2, 0) is 4.75 Å². The highest BCUT2D eigenvalue weighted by atomic mass is 32.2. The molecule has 0 aromatic carbocycles. The topological polar surface area (TPSA) is 38.9 Å². The molecule has 1 heterocycles. The lowest BCUT2D eigenvalue weighted by Crippen LogP contribution is -2.17. The van der Waals surface area contributed by atoms with Gasteiger partial charge in [0.15, 0.2) is 0 Å². The zero-order valence-electron chi connectivity index (χ0n) is 9.24. The summed E-state index contributed by atoms with van der Waals surface area (Å²) in [5, 5.41) is 0.588. The molecule has 1 aromatic rings. The number of nitrogen functional groups attached to an aromatic ring is 1. The van der Waals surface area contributed by atoms with Gasteiger partial charge in [-0.05, 0) is 25.2 Å². The maximum atomic E-state index is 5.93. The number of aromatic nitrogens is 1. The fourth-order valence-corrected chi connectivity index (χ4v) is 3.04. The maximum absolute atomic E-state index is 5.93. The van der Waals surface area contributed by atoms with Crippen LogP contribution in [0.15, 0.2) is 18.5 Å². The van der Waals surface area contributed by atoms with E-state index in [1.165, 1.54) is 0 Å². The van der Waals surface area contributed by atoms with E-state index < -0.39 is 0 Å². The Kier molecular flexibility index (Phi) is 3.43. The van der Waals surface area contributed by atoms with Gasteiger partial charge in [-0.15, -0.1) is 11.8 Å². The molecule has 0 fully saturated rings. The van der Waals surface area contributed by atoms with Gasteiger partial charge in [0, 0.05) is 28.4 Å². The van der Waals surface area contributed by atoms with Crippen molar-refractivity contribution in [3.63, 3.8) is 0 Å². The van der Waals surface area contributed by atoms with Gasteiger partial charge in [0.25, 0.3) is 0 Å². The fraction of sp³-hybridized carbons (Fsp3) is 0.545. The molecule has 0 saturated carbocycles. The molecule has 0 aliphatic carbocycles. The summed E-state index contributed by atoms with van der Waals surface area (Å²) in [6.07, 6.45) is 3.60. The molecular formula is C11H18N2S. The molecular weight excluding hydrogens is 192 g/mol. The third-order valence-corrected chi connectivity index (χ3v) is 3.31. The summed E-state index contributed by atoms with van der Waals surface area (Å²) in [6.45, 7) is 8.76. The second-order valence-electron chi connectivity index (χ2n) is 4.14. The molecule has 0 amide bonds. The second kappa shape index (κ2) is 4.22. The minimum atomic E-state index is 0.0342. The first-order valence-electron chi connectivity index (χ1n) is 4.81. The largest absolute Gasteiger partial charge is 0.398 e. The molecule has 0 radical (unpaired) electrons. The van der Waals surface area contributed by atoms with Gasteiger partial charge in [-0.3, -0.25) is 4.98 Å². The lowest BCUT2D eigenvalue weighted by atomic mass is 10.0. The van der Waals surface area contributed by atoms with Gasteiger partial charge in [0.05, 0.1) is 0 Å². The van der Waals surface area contributed by atoms with Crippen molar-refractivity contribution in [2.75, 3.05) is 5.73 Å². The summed E-state index contributed by atoms with van der Waals surface area (Å²) < 4.78 is 0.0342. The van der Waals surface area contributed by atoms with Crippen LogP contribution in [0.2, 0.25) is 0 Å². The Morgan fingerprint density at radius 1 is 1.43 bits per heavy atom. The predicted octanol–water partition coefficient (Wildman–Crippen LogP) is 3.04. The molecule has 1 aromatic heterocycles. The van der Waals surface area contributed by atoms with E-state index in [0.717, 1.165) is 11.3 Å². The summed E-state index contributed by atoms with van der Waals surface area (Å²) in [6, 6.07) is 1.86. The Hall–Kier alpha value is -0.700. The number of thioether (sulfide) groups is 1. The highest BCUT2D eigenvalue weighted by Crippen LogP contribution is 2.40. The van der Waals surface area contributed by atoms with E-state index in [9.17, 15) is 0 Å². The fourth-order valence-electron chi connectivity index (χ4n) is 1.56. The highest BCUT2D eigenvalue weighted by molar-refractivity contribution is 8.00. The summed E-state index contributed by atoms with van der Waals surface area (Å²) in [7, 11) is 0. The van der Waals surface area contributed by atoms with Crippen molar-refractivity contribution in [2.45, 2.75) is 37.7 Å². The number of rotatable bonds is 3. The standard InChI is InChI=1S/C11H18N2S/c1-8(2)14-11(3,4)9-7-13-6-5-10(9)12/h5-8H,1-4H3,(H2,12,13). The average molecular weight is 210 g/mol. The summed E-state index contributed by atoms with van der Waals surface area (Å²) in [5.41, 5.74) is 7.88. The van der Waals surface area contributed by atoms with E-state index in [1.807, 2.05) is 24.0 Å². The maximum Gasteiger partial charge on any atom is 0.0391 e. The number of hydrogen-bond donors (Lipinski definition) is 1. The van der Waals surface area contributed by atoms with Gasteiger partial charge in [-0.1, -0.05) is 13.8 Å². The van der Waals surface area contributed by atoms with Crippen LogP contribution in [0, 0.1) is 0 Å². The molecule has 0 unspecified atom stereocenters. The lowest BCUT2D eigenvalue weighted by molar-refractivity contribution is 0.772. The highest BCUT2D eigenvalue weighted by Gasteiger charge is 2.24. The molecule has 2 N–H and O–H groups in total. The van der Waals surface area contributed by atoms with Crippen molar-refractivity contribution >= 4 is 17.4 Å². The zero-order chi connectivity index (χ0) is 10.8. The molecule has 0 aliphatic rings. The molecule has 0 saturated heterocycles. The molecule has 0 spiro atoms. The molecule has 0 aliphatic heterocycles. The van der Waals surface area contributed by atoms with E-state index in [0.29, 0.717) is 5.25 Å². The molecule has 0 bridgehead atoms. The first kappa shape index (κ1) is 11.4. The minimum absolute atomic E-state index is 0.0342. The van der Waals surface area contributed by atoms with Gasteiger partial charge < -0.3 is 5.73 Å². The van der Waals surface area contributed by atoms with Crippen molar-refractivity contribution in [2.24, 2.45) is 0 Å². The smallest absolute Gasteiger partial charge is 0.0391 e. The van der Waals surface area contributed by atoms with E-state index in [2.05, 4.69) is 32.7 Å². The Morgan fingerprint density at radius 3 is 2.57 bits per heavy atom. The number of anilines is 1. The summed E-state index contributed by atoms with van der Waals surface area (Å²) in [5.74, 6) is 0. The Morgan fingerprint density at radius 2 is 2.07 bits per heavy atom. The first-order valence-corrected chi connectivity index (χ1v) is 5.69. The average Bonchev–Trinajstić information content (AvgIpc) is 2.02. The molecule has 0 atom stereocenters. The van der Waals surface area contributed by atoms with Gasteiger partial charge in [0.1, 0.15) is 0 Å². The Bertz CT molecular complexity index is 308. The van der Waals surface area contributed by atoms with E-state index in [-0.39, 0.29) is 4.75 Å². The second-order valence-corrected chi connectivity index (χ2v) is 6.34. The zero-order valence-corrected chi connectivity index (χ0v) is 10.1. The quantitative estimate of drug-likeness (QED) is 0.833. The van der Waals surface area contributed by atoms with Gasteiger partial charge in [-0.2, -0.15) is 0 Å². The van der Waals surface area contributed by atoms with Crippen LogP contribution in [0.1, 0.15) is 33.3 Å². The van der Waals surface area contributed by atoms with Crippen molar-refractivity contribution in [3.8, 4) is 0 Å². The summed E-state index contributed by atoms with van der Waals surface area (Å²) in [4.78, 5) is 4.13. The number of nitrogens with zero attached hydrogens (tertiary/aromatic N) is 1. The van der Waals surface area contributed by atoms with Crippen LogP contribution < -0.4 is 5.73 Å². The van der Waals surface area contributed by atoms with Crippen molar-refractivity contribution in [1.82, 2.24) is 4.98 Å². The van der Waals surface area contributed by atoms with Gasteiger partial charge in [0.2, 0.25) is 0 Å². The van der Waals surface area contributed by atoms with Crippen LogP contribution >= 0.6 is 11.8 Å². The predicted molar refractivity (Wildman–Crippen MR) is 64.4 cm³/mol. The molecule has 2 nitrogen and oxygen atoms in total. The number of hydrogen-bond acceptors (Lipinski definition) is 3. The third-order valence-electron chi connectivity index (χ3n) is 2.03. The van der Waals surface area contributed by atoms with E-state index >= 15 is 0 Å². The molecule has 3 heteroatoms. The van der Waals surface area contributed by atoms with Crippen LogP contribution in [0.25, 0.3) is 0 Å². The van der Waals surface area contributed by atoms with Crippen LogP contribution in [0.3, 0.4) is 0 Å². The van der Waals surface area contributed by atoms with Crippen molar-refractivity contribution < 1.29 is 0 Å². The van der Waals surface area contributed by atoms with Crippen molar-refractivity contribution in [3.05, 3.63) is 24.0 Å². The molecule has 78 valence electrons. The van der Waals surface area contributed by atoms with Crippen LogP contribution in [0.5, 0.6) is 0 Å². The lowest BCUT2D eigenvalue weighted by Gasteiger charge is -2.27. The summed E-state index contributed by atoms with van der Waals surface area (Å²) >= 11 is 1.90. The van der Waals surface area contributed by atoms with Crippen molar-refractivity contribution in [1.29, 1.82) is 0 Å². The Balaban J connectivity index is 2.97. The third kappa shape index (κ3) is 2.64. The van der Waals surface area contributed by atoms with Crippen LogP contribution in [0.4, 0.5) is 5.69 Å². The SMILES string of the molecule is CC(C)SC(C)(C)c1cnccc1N. The number of nitrogens with two attached hydrogens (primary N) is 1. The van der Waals surface area contributed by atoms with E-state index in [1.54, 1.807) is 6.20 Å². The van der Waals surface area contributed by atoms with E-state index in [4.69, 9.17) is 5.73 Å². The van der Waals surface area contributed by atoms with Gasteiger partial charge in [-0.25, -0.2) is 0 Å². The normalized spacial score (nSPS) is 12.1. The molecule has 14 heavy (non-hydrogen) atoms. The van der Waals surface area contributed by atoms with Crippen LogP contribution in [-0.4, -0.2) is 10.2 Å². The van der Waals surface area contributed by atoms with Gasteiger partial charge >= 0.3 is 0 Å². The monoisotopic (exact) mass is 210 g/mol. The number of pyridine rings is 1. The molecule has 1 rings (SSSR count). The minimum Gasteiger partial charge on any atom is -0.398 e. The Labute approximate surface area is 90.3 Å². The first-order chi connectivity index (χ1) is 6.43.